The second kappa shape index (κ2) is 17.5. The minimum atomic E-state index is 1.14. The maximum absolute atomic E-state index is 2.54. The average molecular weight is 997 g/mol. The summed E-state index contributed by atoms with van der Waals surface area (Å²) in [5, 5.41) is 10.1. The predicted octanol–water partition coefficient (Wildman–Crippen LogP) is 21.7. The Bertz CT molecular complexity index is 4220. The van der Waals surface area contributed by atoms with E-state index in [2.05, 4.69) is 282 Å². The first-order chi connectivity index (χ1) is 38.2. The van der Waals surface area contributed by atoms with Crippen LogP contribution in [-0.4, -0.2) is 0 Å². The van der Waals surface area contributed by atoms with Crippen LogP contribution in [-0.2, 0) is 0 Å². The molecule has 13 aromatic carbocycles. The molecule has 0 saturated carbocycles. The van der Waals surface area contributed by atoms with Crippen LogP contribution >= 0.6 is 0 Å². The Kier molecular flexibility index (Phi) is 10.3. The van der Waals surface area contributed by atoms with E-state index in [9.17, 15) is 0 Å². The van der Waals surface area contributed by atoms with Gasteiger partial charge in [-0.05, 0) is 259 Å². The summed E-state index contributed by atoms with van der Waals surface area (Å²) in [5.41, 5.74) is 30.0. The Morgan fingerprint density at radius 3 is 0.872 bits per heavy atom. The first-order valence-electron chi connectivity index (χ1n) is 27.4. The molecule has 0 atom stereocenters. The van der Waals surface area contributed by atoms with Gasteiger partial charge < -0.3 is 9.80 Å². The first-order valence-corrected chi connectivity index (χ1v) is 27.4. The minimum absolute atomic E-state index is 1.14. The van der Waals surface area contributed by atoms with E-state index in [0.29, 0.717) is 0 Å². The van der Waals surface area contributed by atoms with Crippen LogP contribution in [0.4, 0.5) is 34.1 Å². The van der Waals surface area contributed by atoms with Crippen LogP contribution in [0.5, 0.6) is 0 Å². The van der Waals surface area contributed by atoms with Crippen molar-refractivity contribution in [2.24, 2.45) is 0 Å². The predicted molar refractivity (Wildman–Crippen MR) is 334 cm³/mol. The highest BCUT2D eigenvalue weighted by Gasteiger charge is 2.31. The zero-order valence-corrected chi connectivity index (χ0v) is 44.8. The van der Waals surface area contributed by atoms with Crippen LogP contribution < -0.4 is 9.80 Å². The molecular weight excluding hydrogens is 941 g/mol. The van der Waals surface area contributed by atoms with Gasteiger partial charge in [-0.3, -0.25) is 0 Å². The highest BCUT2D eigenvalue weighted by atomic mass is 15.1. The number of benzene rings is 13. The topological polar surface area (TPSA) is 6.48 Å². The van der Waals surface area contributed by atoms with Crippen molar-refractivity contribution < 1.29 is 0 Å². The maximum Gasteiger partial charge on any atom is 0.0540 e. The van der Waals surface area contributed by atoms with Crippen molar-refractivity contribution in [1.82, 2.24) is 0 Å². The number of anilines is 6. The SMILES string of the molecule is Cc1cc(N(c2ccccc2)c2ccc3c4c(cccc24)-c2cc4c(-c5ccccc5)c5cc6c(cc5c(-c5ccccc5)c4cc2-3)-c2cccc3c(N(c4ccccc4)c4cc(C)c(C)c(C)c4)ccc-6c23)cc(C)c1C. The second-order valence-corrected chi connectivity index (χ2v) is 21.8. The largest absolute Gasteiger partial charge is 0.310 e. The lowest BCUT2D eigenvalue weighted by Gasteiger charge is -2.28. The van der Waals surface area contributed by atoms with Crippen molar-refractivity contribution >= 4 is 77.2 Å². The highest BCUT2D eigenvalue weighted by Crippen LogP contribution is 2.58. The molecule has 2 aliphatic rings. The second-order valence-electron chi connectivity index (χ2n) is 21.8. The molecule has 2 nitrogen and oxygen atoms in total. The summed E-state index contributed by atoms with van der Waals surface area (Å²) in [6.45, 7) is 13.4. The molecule has 0 heterocycles. The lowest BCUT2D eigenvalue weighted by molar-refractivity contribution is 1.22. The van der Waals surface area contributed by atoms with Crippen molar-refractivity contribution in [2.45, 2.75) is 41.5 Å². The van der Waals surface area contributed by atoms with Gasteiger partial charge in [-0.25, -0.2) is 0 Å². The van der Waals surface area contributed by atoms with E-state index in [-0.39, 0.29) is 0 Å². The summed E-state index contributed by atoms with van der Waals surface area (Å²) < 4.78 is 0. The molecule has 0 aliphatic heterocycles. The molecule has 15 rings (SSSR count). The Labute approximate surface area is 456 Å². The van der Waals surface area contributed by atoms with Gasteiger partial charge in [-0.1, -0.05) is 146 Å². The van der Waals surface area contributed by atoms with Crippen LogP contribution in [0.2, 0.25) is 0 Å². The third kappa shape index (κ3) is 6.82. The van der Waals surface area contributed by atoms with Gasteiger partial charge in [0.15, 0.2) is 0 Å². The van der Waals surface area contributed by atoms with E-state index < -0.39 is 0 Å². The van der Waals surface area contributed by atoms with Crippen molar-refractivity contribution in [3.05, 3.63) is 264 Å². The van der Waals surface area contributed by atoms with Gasteiger partial charge in [0.25, 0.3) is 0 Å². The van der Waals surface area contributed by atoms with Crippen LogP contribution in [0.1, 0.15) is 33.4 Å². The summed E-state index contributed by atoms with van der Waals surface area (Å²) in [5.74, 6) is 0. The zero-order valence-electron chi connectivity index (χ0n) is 44.8. The zero-order chi connectivity index (χ0) is 52.5. The Morgan fingerprint density at radius 1 is 0.231 bits per heavy atom. The lowest BCUT2D eigenvalue weighted by atomic mass is 9.82. The molecule has 2 heteroatoms. The highest BCUT2D eigenvalue weighted by molar-refractivity contribution is 6.29. The van der Waals surface area contributed by atoms with Crippen LogP contribution in [0.25, 0.3) is 110 Å². The fraction of sp³-hybridized carbons (Fsp3) is 0.0789. The van der Waals surface area contributed by atoms with Gasteiger partial charge >= 0.3 is 0 Å². The molecule has 0 radical (unpaired) electrons. The summed E-state index contributed by atoms with van der Waals surface area (Å²) in [7, 11) is 0. The molecule has 13 aromatic rings. The van der Waals surface area contributed by atoms with Gasteiger partial charge in [-0.2, -0.15) is 0 Å². The first kappa shape index (κ1) is 45.9. The molecule has 2 aliphatic carbocycles. The van der Waals surface area contributed by atoms with Crippen molar-refractivity contribution in [1.29, 1.82) is 0 Å². The van der Waals surface area contributed by atoms with E-state index in [1.807, 2.05) is 0 Å². The summed E-state index contributed by atoms with van der Waals surface area (Å²) in [6.07, 6.45) is 0. The third-order valence-corrected chi connectivity index (χ3v) is 17.6. The number of nitrogens with zero attached hydrogens (tertiary/aromatic N) is 2. The number of para-hydroxylation sites is 2. The van der Waals surface area contributed by atoms with Crippen molar-refractivity contribution in [2.75, 3.05) is 9.80 Å². The standard InChI is InChI=1S/C76H56N2/c1-45-37-55(38-46(2)49(45)5)77(53-25-15-9-16-26-53)71-35-33-59-65-43-69-67(41-63(65)57-29-19-31-61(71)75(57)59)73(51-21-11-7-12-22-51)70-44-66-60-34-36-72(78(54-27-17-10-18-28-54)56-39-47(3)50(6)48(4)40-56)62-32-20-30-58(76(60)62)64(66)42-68(70)74(69)52-23-13-8-14-24-52/h7-44H,1-6H3. The van der Waals surface area contributed by atoms with Gasteiger partial charge in [0.1, 0.15) is 0 Å². The fourth-order valence-electron chi connectivity index (χ4n) is 13.4. The fourth-order valence-corrected chi connectivity index (χ4v) is 13.4. The molecular formula is C76H56N2. The summed E-state index contributed by atoms with van der Waals surface area (Å²) in [6, 6.07) is 87.0. The molecule has 0 unspecified atom stereocenters. The summed E-state index contributed by atoms with van der Waals surface area (Å²) in [4.78, 5) is 4.92. The lowest BCUT2D eigenvalue weighted by Crippen LogP contribution is -2.11. The van der Waals surface area contributed by atoms with E-state index in [1.165, 1.54) is 166 Å². The monoisotopic (exact) mass is 996 g/mol. The van der Waals surface area contributed by atoms with Crippen LogP contribution in [0.15, 0.2) is 231 Å². The molecule has 0 bridgehead atoms. The molecule has 0 saturated heterocycles. The van der Waals surface area contributed by atoms with E-state index in [1.54, 1.807) is 0 Å². The van der Waals surface area contributed by atoms with E-state index in [0.717, 1.165) is 11.4 Å². The van der Waals surface area contributed by atoms with Crippen molar-refractivity contribution in [3.63, 3.8) is 0 Å². The maximum atomic E-state index is 2.54. The Morgan fingerprint density at radius 2 is 0.538 bits per heavy atom. The molecule has 0 aromatic heterocycles. The van der Waals surface area contributed by atoms with Gasteiger partial charge in [-0.15, -0.1) is 0 Å². The molecule has 0 spiro atoms. The third-order valence-electron chi connectivity index (χ3n) is 17.6. The quantitative estimate of drug-likeness (QED) is 0.140. The Hall–Kier alpha value is -9.50. The van der Waals surface area contributed by atoms with Gasteiger partial charge in [0, 0.05) is 33.5 Å². The Balaban J connectivity index is 0.989. The van der Waals surface area contributed by atoms with Gasteiger partial charge in [0.2, 0.25) is 0 Å². The summed E-state index contributed by atoms with van der Waals surface area (Å²) >= 11 is 0. The van der Waals surface area contributed by atoms with E-state index in [4.69, 9.17) is 0 Å². The van der Waals surface area contributed by atoms with Crippen LogP contribution in [0.3, 0.4) is 0 Å². The van der Waals surface area contributed by atoms with Gasteiger partial charge in [0.05, 0.1) is 11.4 Å². The van der Waals surface area contributed by atoms with Crippen LogP contribution in [0, 0.1) is 41.5 Å². The average Bonchev–Trinajstić information content (AvgIpc) is 4.18. The number of hydrogen-bond donors (Lipinski definition) is 0. The molecule has 0 N–H and O–H groups in total. The number of aryl methyl sites for hydroxylation is 4. The smallest absolute Gasteiger partial charge is 0.0540 e. The molecule has 78 heavy (non-hydrogen) atoms. The normalized spacial score (nSPS) is 12.0. The van der Waals surface area contributed by atoms with E-state index >= 15 is 0 Å². The number of rotatable bonds is 8. The molecule has 370 valence electrons. The number of hydrogen-bond acceptors (Lipinski definition) is 2. The number of fused-ring (bicyclic) bond motifs is 8. The molecule has 0 amide bonds. The minimum Gasteiger partial charge on any atom is -0.310 e. The molecule has 0 fully saturated rings. The van der Waals surface area contributed by atoms with Crippen molar-refractivity contribution in [3.8, 4) is 66.8 Å².